The van der Waals surface area contributed by atoms with Crippen LogP contribution in [-0.2, 0) is 20.8 Å². The maximum Gasteiger partial charge on any atom is 0.410 e. The van der Waals surface area contributed by atoms with Crippen molar-refractivity contribution in [1.82, 2.24) is 4.90 Å². The Bertz CT molecular complexity index is 533. The topological polar surface area (TPSA) is 68.2 Å². The van der Waals surface area contributed by atoms with E-state index in [1.54, 1.807) is 0 Å². The molecule has 2 aliphatic heterocycles. The first-order chi connectivity index (χ1) is 10.5. The van der Waals surface area contributed by atoms with Crippen molar-refractivity contribution in [3.63, 3.8) is 0 Å². The summed E-state index contributed by atoms with van der Waals surface area (Å²) in [5.74, 6) is -0.678. The highest BCUT2D eigenvalue weighted by Crippen LogP contribution is 2.36. The number of rotatable bonds is 3. The van der Waals surface area contributed by atoms with Gasteiger partial charge in [0.05, 0.1) is 19.2 Å². The van der Waals surface area contributed by atoms with Crippen LogP contribution in [0.3, 0.4) is 0 Å². The van der Waals surface area contributed by atoms with Crippen LogP contribution in [0.2, 0.25) is 0 Å². The van der Waals surface area contributed by atoms with E-state index in [-0.39, 0.29) is 25.4 Å². The van der Waals surface area contributed by atoms with Crippen molar-refractivity contribution in [2.24, 2.45) is 0 Å². The lowest BCUT2D eigenvalue weighted by atomic mass is 10.1. The standard InChI is InChI=1S/C16H21NO5/c1-16(2)21-13-8-17(12(9-18)14(13)22-16)15(19)20-10-11-6-4-3-5-7-11/h3-7,12-14,18H,8-10H2,1-2H3/t12-,13+,14-/m0/s1. The first-order valence-electron chi connectivity index (χ1n) is 7.44. The summed E-state index contributed by atoms with van der Waals surface area (Å²) >= 11 is 0. The molecule has 0 saturated carbocycles. The number of aliphatic hydroxyl groups is 1. The molecule has 2 heterocycles. The second-order valence-corrected chi connectivity index (χ2v) is 6.08. The fraction of sp³-hybridized carbons (Fsp3) is 0.562. The summed E-state index contributed by atoms with van der Waals surface area (Å²) in [6, 6.07) is 9.04. The highest BCUT2D eigenvalue weighted by molar-refractivity contribution is 5.69. The molecule has 22 heavy (non-hydrogen) atoms. The number of benzene rings is 1. The lowest BCUT2D eigenvalue weighted by Gasteiger charge is -2.28. The van der Waals surface area contributed by atoms with E-state index in [9.17, 15) is 9.90 Å². The molecule has 6 heteroatoms. The Kier molecular flexibility index (Phi) is 4.08. The van der Waals surface area contributed by atoms with Crippen LogP contribution in [0.15, 0.2) is 30.3 Å². The van der Waals surface area contributed by atoms with Crippen LogP contribution in [0.5, 0.6) is 0 Å². The summed E-state index contributed by atoms with van der Waals surface area (Å²) in [6.07, 6.45) is -0.997. The molecule has 0 radical (unpaired) electrons. The lowest BCUT2D eigenvalue weighted by Crippen LogP contribution is -2.44. The van der Waals surface area contributed by atoms with E-state index in [0.717, 1.165) is 5.56 Å². The molecule has 0 unspecified atom stereocenters. The number of hydrogen-bond donors (Lipinski definition) is 1. The molecule has 0 aromatic heterocycles. The summed E-state index contributed by atoms with van der Waals surface area (Å²) in [5, 5.41) is 9.60. The Morgan fingerprint density at radius 1 is 1.36 bits per heavy atom. The molecule has 2 aliphatic rings. The minimum Gasteiger partial charge on any atom is -0.445 e. The zero-order valence-electron chi connectivity index (χ0n) is 12.8. The molecule has 3 atom stereocenters. The van der Waals surface area contributed by atoms with E-state index >= 15 is 0 Å². The number of nitrogens with zero attached hydrogens (tertiary/aromatic N) is 1. The summed E-state index contributed by atoms with van der Waals surface area (Å²) in [6.45, 7) is 4.06. The van der Waals surface area contributed by atoms with E-state index in [0.29, 0.717) is 6.54 Å². The minimum absolute atomic E-state index is 0.180. The van der Waals surface area contributed by atoms with Crippen molar-refractivity contribution in [2.45, 2.75) is 44.5 Å². The van der Waals surface area contributed by atoms with Gasteiger partial charge in [-0.25, -0.2) is 4.79 Å². The van der Waals surface area contributed by atoms with Gasteiger partial charge in [0.1, 0.15) is 18.8 Å². The number of hydrogen-bond acceptors (Lipinski definition) is 5. The van der Waals surface area contributed by atoms with E-state index in [1.165, 1.54) is 4.90 Å². The average molecular weight is 307 g/mol. The van der Waals surface area contributed by atoms with Gasteiger partial charge >= 0.3 is 6.09 Å². The first kappa shape index (κ1) is 15.3. The van der Waals surface area contributed by atoms with Crippen LogP contribution in [0.1, 0.15) is 19.4 Å². The van der Waals surface area contributed by atoms with Gasteiger partial charge in [0.2, 0.25) is 0 Å². The minimum atomic E-state index is -0.678. The average Bonchev–Trinajstić information content (AvgIpc) is 2.97. The molecule has 2 saturated heterocycles. The summed E-state index contributed by atoms with van der Waals surface area (Å²) in [4.78, 5) is 13.8. The number of carbonyl (C=O) groups excluding carboxylic acids is 1. The maximum absolute atomic E-state index is 12.3. The van der Waals surface area contributed by atoms with Crippen LogP contribution in [0.25, 0.3) is 0 Å². The number of carbonyl (C=O) groups is 1. The molecular weight excluding hydrogens is 286 g/mol. The van der Waals surface area contributed by atoms with Crippen molar-refractivity contribution >= 4 is 6.09 Å². The van der Waals surface area contributed by atoms with Crippen LogP contribution in [0.4, 0.5) is 4.79 Å². The van der Waals surface area contributed by atoms with E-state index < -0.39 is 17.9 Å². The third-order valence-electron chi connectivity index (χ3n) is 4.00. The van der Waals surface area contributed by atoms with Gasteiger partial charge in [-0.05, 0) is 19.4 Å². The SMILES string of the molecule is CC1(C)O[C@@H]2[C@@H](CN(C(=O)OCc3ccccc3)[C@H]2CO)O1. The number of likely N-dealkylation sites (tertiary alicyclic amines) is 1. The Morgan fingerprint density at radius 3 is 2.77 bits per heavy atom. The Morgan fingerprint density at radius 2 is 2.09 bits per heavy atom. The van der Waals surface area contributed by atoms with Gasteiger partial charge in [-0.2, -0.15) is 0 Å². The van der Waals surface area contributed by atoms with Crippen LogP contribution in [0, 0.1) is 0 Å². The van der Waals surface area contributed by atoms with Gasteiger partial charge in [-0.3, -0.25) is 4.90 Å². The normalized spacial score (nSPS) is 29.4. The van der Waals surface area contributed by atoms with Crippen molar-refractivity contribution in [1.29, 1.82) is 0 Å². The largest absolute Gasteiger partial charge is 0.445 e. The third-order valence-corrected chi connectivity index (χ3v) is 4.00. The Balaban J connectivity index is 1.61. The first-order valence-corrected chi connectivity index (χ1v) is 7.44. The Labute approximate surface area is 129 Å². The molecule has 0 aliphatic carbocycles. The molecule has 1 aromatic rings. The van der Waals surface area contributed by atoms with Gasteiger partial charge < -0.3 is 19.3 Å². The zero-order chi connectivity index (χ0) is 15.7. The van der Waals surface area contributed by atoms with Crippen LogP contribution in [-0.4, -0.2) is 53.3 Å². The molecule has 0 bridgehead atoms. The predicted octanol–water partition coefficient (Wildman–Crippen LogP) is 1.52. The highest BCUT2D eigenvalue weighted by atomic mass is 16.8. The Hall–Kier alpha value is -1.63. The van der Waals surface area contributed by atoms with Gasteiger partial charge in [0.15, 0.2) is 5.79 Å². The van der Waals surface area contributed by atoms with E-state index in [4.69, 9.17) is 14.2 Å². The molecule has 0 spiro atoms. The molecule has 1 N–H and O–H groups in total. The lowest BCUT2D eigenvalue weighted by molar-refractivity contribution is -0.161. The summed E-state index contributed by atoms with van der Waals surface area (Å²) < 4.78 is 16.9. The predicted molar refractivity (Wildman–Crippen MR) is 78.0 cm³/mol. The zero-order valence-corrected chi connectivity index (χ0v) is 12.8. The van der Waals surface area contributed by atoms with Crippen molar-refractivity contribution in [3.8, 4) is 0 Å². The highest BCUT2D eigenvalue weighted by Gasteiger charge is 2.54. The summed E-state index contributed by atoms with van der Waals surface area (Å²) in [5.41, 5.74) is 0.921. The molecule has 3 rings (SSSR count). The number of fused-ring (bicyclic) bond motifs is 1. The molecule has 1 amide bonds. The second kappa shape index (κ2) is 5.87. The third kappa shape index (κ3) is 2.95. The van der Waals surface area contributed by atoms with E-state index in [2.05, 4.69) is 0 Å². The van der Waals surface area contributed by atoms with Crippen LogP contribution < -0.4 is 0 Å². The molecule has 120 valence electrons. The fourth-order valence-electron chi connectivity index (χ4n) is 3.05. The molecular formula is C16H21NO5. The van der Waals surface area contributed by atoms with Crippen molar-refractivity contribution in [3.05, 3.63) is 35.9 Å². The van der Waals surface area contributed by atoms with E-state index in [1.807, 2.05) is 44.2 Å². The molecule has 6 nitrogen and oxygen atoms in total. The maximum atomic E-state index is 12.3. The van der Waals surface area contributed by atoms with Gasteiger partial charge in [-0.1, -0.05) is 30.3 Å². The van der Waals surface area contributed by atoms with Crippen LogP contribution >= 0.6 is 0 Å². The number of ether oxygens (including phenoxy) is 3. The summed E-state index contributed by atoms with van der Waals surface area (Å²) in [7, 11) is 0. The fourth-order valence-corrected chi connectivity index (χ4v) is 3.05. The van der Waals surface area contributed by atoms with Gasteiger partial charge in [-0.15, -0.1) is 0 Å². The monoisotopic (exact) mass is 307 g/mol. The van der Waals surface area contributed by atoms with Crippen molar-refractivity contribution in [2.75, 3.05) is 13.2 Å². The second-order valence-electron chi connectivity index (χ2n) is 6.08. The number of amides is 1. The van der Waals surface area contributed by atoms with Gasteiger partial charge in [0, 0.05) is 0 Å². The molecule has 1 aromatic carbocycles. The molecule has 2 fully saturated rings. The number of aliphatic hydroxyl groups excluding tert-OH is 1. The van der Waals surface area contributed by atoms with Crippen molar-refractivity contribution < 1.29 is 24.1 Å². The van der Waals surface area contributed by atoms with Gasteiger partial charge in [0.25, 0.3) is 0 Å². The quantitative estimate of drug-likeness (QED) is 0.917. The smallest absolute Gasteiger partial charge is 0.410 e.